The standard InChI is InChI=1S/C11H22O/c1-4-5-6-7-8-10(2)9-11(3)12/h10H,4-9H2,1-3H3/t10-/m1/s1. The van der Waals surface area contributed by atoms with Gasteiger partial charge in [0.2, 0.25) is 0 Å². The van der Waals surface area contributed by atoms with Gasteiger partial charge in [-0.3, -0.25) is 0 Å². The Morgan fingerprint density at radius 3 is 2.42 bits per heavy atom. The predicted molar refractivity (Wildman–Crippen MR) is 53.2 cm³/mol. The smallest absolute Gasteiger partial charge is 0.130 e. The molecule has 0 aliphatic heterocycles. The second kappa shape index (κ2) is 7.33. The largest absolute Gasteiger partial charge is 0.300 e. The van der Waals surface area contributed by atoms with Gasteiger partial charge in [0.05, 0.1) is 0 Å². The number of hydrogen-bond acceptors (Lipinski definition) is 1. The van der Waals surface area contributed by atoms with Crippen LogP contribution >= 0.6 is 0 Å². The molecule has 1 heteroatoms. The topological polar surface area (TPSA) is 17.1 Å². The van der Waals surface area contributed by atoms with E-state index in [9.17, 15) is 4.79 Å². The van der Waals surface area contributed by atoms with Gasteiger partial charge in [0.25, 0.3) is 0 Å². The van der Waals surface area contributed by atoms with Crippen molar-refractivity contribution in [3.8, 4) is 0 Å². The molecule has 0 bridgehead atoms. The van der Waals surface area contributed by atoms with Gasteiger partial charge >= 0.3 is 0 Å². The minimum Gasteiger partial charge on any atom is -0.300 e. The molecule has 1 nitrogen and oxygen atoms in total. The zero-order chi connectivity index (χ0) is 9.40. The molecule has 0 aromatic rings. The fraction of sp³-hybridized carbons (Fsp3) is 0.909. The Labute approximate surface area is 76.6 Å². The van der Waals surface area contributed by atoms with E-state index in [1.54, 1.807) is 6.92 Å². The molecule has 72 valence electrons. The van der Waals surface area contributed by atoms with Crippen molar-refractivity contribution < 1.29 is 4.79 Å². The summed E-state index contributed by atoms with van der Waals surface area (Å²) >= 11 is 0. The van der Waals surface area contributed by atoms with Gasteiger partial charge in [-0.25, -0.2) is 0 Å². The van der Waals surface area contributed by atoms with Crippen molar-refractivity contribution in [2.45, 2.75) is 59.3 Å². The molecule has 0 saturated carbocycles. The van der Waals surface area contributed by atoms with Crippen molar-refractivity contribution in [2.24, 2.45) is 5.92 Å². The van der Waals surface area contributed by atoms with Crippen LogP contribution in [0.15, 0.2) is 0 Å². The van der Waals surface area contributed by atoms with Gasteiger partial charge in [-0.15, -0.1) is 0 Å². The molecule has 0 amide bonds. The van der Waals surface area contributed by atoms with E-state index < -0.39 is 0 Å². The van der Waals surface area contributed by atoms with Gasteiger partial charge in [-0.05, 0) is 12.8 Å². The molecule has 0 aromatic carbocycles. The van der Waals surface area contributed by atoms with Gasteiger partial charge in [-0.1, -0.05) is 46.0 Å². The third kappa shape index (κ3) is 7.77. The lowest BCUT2D eigenvalue weighted by atomic mass is 9.98. The molecule has 0 saturated heterocycles. The van der Waals surface area contributed by atoms with Crippen LogP contribution < -0.4 is 0 Å². The third-order valence-corrected chi connectivity index (χ3v) is 2.19. The monoisotopic (exact) mass is 170 g/mol. The van der Waals surface area contributed by atoms with Gasteiger partial charge in [0, 0.05) is 6.42 Å². The summed E-state index contributed by atoms with van der Waals surface area (Å²) in [5, 5.41) is 0. The van der Waals surface area contributed by atoms with E-state index >= 15 is 0 Å². The second-order valence-electron chi connectivity index (χ2n) is 3.86. The molecule has 1 atom stereocenters. The molecule has 0 unspecified atom stereocenters. The quantitative estimate of drug-likeness (QED) is 0.534. The Hall–Kier alpha value is -0.330. The molecule has 0 aliphatic rings. The number of Topliss-reactive ketones (excluding diaryl/α,β-unsaturated/α-hetero) is 1. The summed E-state index contributed by atoms with van der Waals surface area (Å²) in [6.07, 6.45) is 7.25. The van der Waals surface area contributed by atoms with E-state index in [1.807, 2.05) is 0 Å². The first-order valence-electron chi connectivity index (χ1n) is 5.16. The molecule has 0 heterocycles. The lowest BCUT2D eigenvalue weighted by Gasteiger charge is -2.07. The summed E-state index contributed by atoms with van der Waals surface area (Å²) in [7, 11) is 0. The van der Waals surface area contributed by atoms with Gasteiger partial charge in [-0.2, -0.15) is 0 Å². The molecule has 0 aromatic heterocycles. The molecule has 0 aliphatic carbocycles. The maximum atomic E-state index is 10.7. The molecule has 0 N–H and O–H groups in total. The molecule has 12 heavy (non-hydrogen) atoms. The molecule has 0 rings (SSSR count). The van der Waals surface area contributed by atoms with Crippen LogP contribution in [0.2, 0.25) is 0 Å². The van der Waals surface area contributed by atoms with Crippen LogP contribution in [0.5, 0.6) is 0 Å². The fourth-order valence-electron chi connectivity index (χ4n) is 1.51. The van der Waals surface area contributed by atoms with E-state index in [-0.39, 0.29) is 0 Å². The summed E-state index contributed by atoms with van der Waals surface area (Å²) in [6, 6.07) is 0. The number of carbonyl (C=O) groups excluding carboxylic acids is 1. The molecular weight excluding hydrogens is 148 g/mol. The first-order chi connectivity index (χ1) is 5.66. The predicted octanol–water partition coefficient (Wildman–Crippen LogP) is 3.57. The molecular formula is C11H22O. The average Bonchev–Trinajstić information content (AvgIpc) is 1.97. The Morgan fingerprint density at radius 1 is 1.25 bits per heavy atom. The average molecular weight is 170 g/mol. The minimum atomic E-state index is 0.331. The molecule has 0 spiro atoms. The fourth-order valence-corrected chi connectivity index (χ4v) is 1.51. The second-order valence-corrected chi connectivity index (χ2v) is 3.86. The van der Waals surface area contributed by atoms with Crippen LogP contribution in [0, 0.1) is 5.92 Å². The minimum absolute atomic E-state index is 0.331. The highest BCUT2D eigenvalue weighted by molar-refractivity contribution is 5.75. The molecule has 0 fully saturated rings. The van der Waals surface area contributed by atoms with Crippen LogP contribution in [-0.4, -0.2) is 5.78 Å². The van der Waals surface area contributed by atoms with Crippen molar-refractivity contribution in [3.05, 3.63) is 0 Å². The third-order valence-electron chi connectivity index (χ3n) is 2.19. The summed E-state index contributed by atoms with van der Waals surface area (Å²) in [5.74, 6) is 0.928. The summed E-state index contributed by atoms with van der Waals surface area (Å²) in [6.45, 7) is 6.08. The van der Waals surface area contributed by atoms with Crippen molar-refractivity contribution in [2.75, 3.05) is 0 Å². The van der Waals surface area contributed by atoms with E-state index in [0.29, 0.717) is 11.7 Å². The highest BCUT2D eigenvalue weighted by Gasteiger charge is 2.03. The number of hydrogen-bond donors (Lipinski definition) is 0. The number of unbranched alkanes of at least 4 members (excludes halogenated alkanes) is 3. The number of ketones is 1. The van der Waals surface area contributed by atoms with Crippen LogP contribution in [-0.2, 0) is 4.79 Å². The molecule has 0 radical (unpaired) electrons. The van der Waals surface area contributed by atoms with Crippen molar-refractivity contribution in [3.63, 3.8) is 0 Å². The first kappa shape index (κ1) is 11.7. The van der Waals surface area contributed by atoms with Crippen LogP contribution in [0.25, 0.3) is 0 Å². The zero-order valence-electron chi connectivity index (χ0n) is 8.73. The Balaban J connectivity index is 3.19. The highest BCUT2D eigenvalue weighted by Crippen LogP contribution is 2.13. The summed E-state index contributed by atoms with van der Waals surface area (Å²) in [5.41, 5.74) is 0. The lowest BCUT2D eigenvalue weighted by Crippen LogP contribution is -2.01. The van der Waals surface area contributed by atoms with E-state index in [2.05, 4.69) is 13.8 Å². The van der Waals surface area contributed by atoms with Crippen molar-refractivity contribution >= 4 is 5.78 Å². The Morgan fingerprint density at radius 2 is 1.92 bits per heavy atom. The maximum absolute atomic E-state index is 10.7. The lowest BCUT2D eigenvalue weighted by molar-refractivity contribution is -0.117. The maximum Gasteiger partial charge on any atom is 0.130 e. The summed E-state index contributed by atoms with van der Waals surface area (Å²) in [4.78, 5) is 10.7. The zero-order valence-corrected chi connectivity index (χ0v) is 8.73. The van der Waals surface area contributed by atoms with Crippen molar-refractivity contribution in [1.29, 1.82) is 0 Å². The van der Waals surface area contributed by atoms with Gasteiger partial charge in [0.1, 0.15) is 5.78 Å². The Kier molecular flexibility index (Phi) is 7.12. The van der Waals surface area contributed by atoms with Crippen LogP contribution in [0.3, 0.4) is 0 Å². The summed E-state index contributed by atoms with van der Waals surface area (Å²) < 4.78 is 0. The number of carbonyl (C=O) groups is 1. The first-order valence-corrected chi connectivity index (χ1v) is 5.16. The van der Waals surface area contributed by atoms with E-state index in [0.717, 1.165) is 6.42 Å². The van der Waals surface area contributed by atoms with Gasteiger partial charge < -0.3 is 4.79 Å². The van der Waals surface area contributed by atoms with E-state index in [1.165, 1.54) is 32.1 Å². The number of rotatable bonds is 7. The SMILES string of the molecule is CCCCCC[C@@H](C)CC(C)=O. The van der Waals surface area contributed by atoms with Crippen molar-refractivity contribution in [1.82, 2.24) is 0 Å². The Bertz CT molecular complexity index is 118. The normalized spacial score (nSPS) is 12.9. The van der Waals surface area contributed by atoms with Crippen LogP contribution in [0.4, 0.5) is 0 Å². The van der Waals surface area contributed by atoms with E-state index in [4.69, 9.17) is 0 Å². The van der Waals surface area contributed by atoms with Gasteiger partial charge in [0.15, 0.2) is 0 Å². The highest BCUT2D eigenvalue weighted by atomic mass is 16.1. The van der Waals surface area contributed by atoms with Crippen LogP contribution in [0.1, 0.15) is 59.3 Å².